The summed E-state index contributed by atoms with van der Waals surface area (Å²) >= 11 is 0. The summed E-state index contributed by atoms with van der Waals surface area (Å²) in [5.74, 6) is 1.66. The van der Waals surface area contributed by atoms with E-state index in [0.717, 1.165) is 17.0 Å². The molecule has 0 bridgehead atoms. The van der Waals surface area contributed by atoms with E-state index in [1.54, 1.807) is 12.1 Å². The molecule has 0 saturated heterocycles. The number of benzene rings is 1. The molecule has 18 heavy (non-hydrogen) atoms. The lowest BCUT2D eigenvalue weighted by atomic mass is 10.1. The summed E-state index contributed by atoms with van der Waals surface area (Å²) < 4.78 is 1.83. The number of aromatic hydroxyl groups is 1. The molecule has 0 atom stereocenters. The lowest BCUT2D eigenvalue weighted by molar-refractivity contribution is 0.475. The molecule has 2 aromatic heterocycles. The van der Waals surface area contributed by atoms with Crippen LogP contribution in [0.4, 0.5) is 5.82 Å². The summed E-state index contributed by atoms with van der Waals surface area (Å²) in [6, 6.07) is 12.6. The highest BCUT2D eigenvalue weighted by Crippen LogP contribution is 2.15. The zero-order valence-electron chi connectivity index (χ0n) is 9.61. The fourth-order valence-electron chi connectivity index (χ4n) is 1.94. The summed E-state index contributed by atoms with van der Waals surface area (Å²) in [6.07, 6.45) is 0.621. The molecular formula is C13H12N4O. The van der Waals surface area contributed by atoms with Crippen LogP contribution < -0.4 is 5.73 Å². The van der Waals surface area contributed by atoms with Crippen LogP contribution in [0.2, 0.25) is 0 Å². The number of anilines is 1. The molecule has 0 spiro atoms. The van der Waals surface area contributed by atoms with E-state index in [2.05, 4.69) is 10.2 Å². The van der Waals surface area contributed by atoms with Crippen LogP contribution >= 0.6 is 0 Å². The molecule has 3 aromatic rings. The molecule has 5 nitrogen and oxygen atoms in total. The van der Waals surface area contributed by atoms with E-state index in [0.29, 0.717) is 12.2 Å². The van der Waals surface area contributed by atoms with E-state index in [-0.39, 0.29) is 5.75 Å². The number of hydrogen-bond donors (Lipinski definition) is 2. The fourth-order valence-corrected chi connectivity index (χ4v) is 1.94. The van der Waals surface area contributed by atoms with Crippen LogP contribution in [-0.2, 0) is 6.42 Å². The lowest BCUT2D eigenvalue weighted by Gasteiger charge is -2.03. The SMILES string of the molecule is Nc1cccc2nnc(Cc3ccc(O)cc3)n12. The van der Waals surface area contributed by atoms with Gasteiger partial charge < -0.3 is 10.8 Å². The van der Waals surface area contributed by atoms with Gasteiger partial charge in [-0.05, 0) is 29.8 Å². The first-order valence-corrected chi connectivity index (χ1v) is 5.60. The van der Waals surface area contributed by atoms with E-state index in [1.807, 2.05) is 34.7 Å². The first-order valence-electron chi connectivity index (χ1n) is 5.60. The third-order valence-electron chi connectivity index (χ3n) is 2.82. The van der Waals surface area contributed by atoms with Gasteiger partial charge in [0.2, 0.25) is 0 Å². The highest BCUT2D eigenvalue weighted by Gasteiger charge is 2.08. The average molecular weight is 240 g/mol. The predicted octanol–water partition coefficient (Wildman–Crippen LogP) is 1.61. The third kappa shape index (κ3) is 1.75. The summed E-state index contributed by atoms with van der Waals surface area (Å²) in [5, 5.41) is 17.5. The standard InChI is InChI=1S/C13H12N4O/c14-11-2-1-3-12-15-16-13(17(11)12)8-9-4-6-10(18)7-5-9/h1-7,18H,8,14H2. The highest BCUT2D eigenvalue weighted by atomic mass is 16.3. The van der Waals surface area contributed by atoms with Crippen molar-refractivity contribution >= 4 is 11.5 Å². The molecule has 3 N–H and O–H groups in total. The second-order valence-electron chi connectivity index (χ2n) is 4.10. The van der Waals surface area contributed by atoms with E-state index >= 15 is 0 Å². The van der Waals surface area contributed by atoms with Gasteiger partial charge in [0.25, 0.3) is 0 Å². The van der Waals surface area contributed by atoms with Crippen LogP contribution in [0.3, 0.4) is 0 Å². The molecule has 0 unspecified atom stereocenters. The van der Waals surface area contributed by atoms with Crippen molar-refractivity contribution in [3.8, 4) is 5.75 Å². The first-order chi connectivity index (χ1) is 8.74. The molecule has 0 radical (unpaired) electrons. The number of rotatable bonds is 2. The minimum Gasteiger partial charge on any atom is -0.508 e. The minimum absolute atomic E-state index is 0.254. The quantitative estimate of drug-likeness (QED) is 0.713. The Hall–Kier alpha value is -2.56. The fraction of sp³-hybridized carbons (Fsp3) is 0.0769. The number of phenols is 1. The largest absolute Gasteiger partial charge is 0.508 e. The van der Waals surface area contributed by atoms with Crippen LogP contribution in [0, 0.1) is 0 Å². The summed E-state index contributed by atoms with van der Waals surface area (Å²) in [5.41, 5.74) is 7.71. The Morgan fingerprint density at radius 3 is 2.61 bits per heavy atom. The van der Waals surface area contributed by atoms with Gasteiger partial charge >= 0.3 is 0 Å². The summed E-state index contributed by atoms with van der Waals surface area (Å²) in [6.45, 7) is 0. The second kappa shape index (κ2) is 4.03. The van der Waals surface area contributed by atoms with Crippen LogP contribution in [0.25, 0.3) is 5.65 Å². The average Bonchev–Trinajstić information content (AvgIpc) is 2.77. The Labute approximate surface area is 104 Å². The number of nitrogen functional groups attached to an aromatic ring is 1. The van der Waals surface area contributed by atoms with Gasteiger partial charge in [-0.2, -0.15) is 0 Å². The molecule has 1 aromatic carbocycles. The van der Waals surface area contributed by atoms with Crippen molar-refractivity contribution in [1.29, 1.82) is 0 Å². The van der Waals surface area contributed by atoms with Gasteiger partial charge in [-0.3, -0.25) is 4.40 Å². The molecule has 0 amide bonds. The molecule has 0 fully saturated rings. The molecule has 0 aliphatic heterocycles. The van der Waals surface area contributed by atoms with Crippen molar-refractivity contribution in [3.63, 3.8) is 0 Å². The van der Waals surface area contributed by atoms with E-state index in [4.69, 9.17) is 5.73 Å². The van der Waals surface area contributed by atoms with Crippen molar-refractivity contribution in [2.75, 3.05) is 5.73 Å². The van der Waals surface area contributed by atoms with Crippen LogP contribution in [-0.4, -0.2) is 19.7 Å². The molecule has 0 aliphatic carbocycles. The maximum atomic E-state index is 9.25. The Morgan fingerprint density at radius 1 is 1.06 bits per heavy atom. The van der Waals surface area contributed by atoms with Gasteiger partial charge in [-0.25, -0.2) is 0 Å². The third-order valence-corrected chi connectivity index (χ3v) is 2.82. The minimum atomic E-state index is 0.254. The number of phenolic OH excluding ortho intramolecular Hbond substituents is 1. The predicted molar refractivity (Wildman–Crippen MR) is 68.3 cm³/mol. The molecule has 90 valence electrons. The molecule has 0 saturated carbocycles. The monoisotopic (exact) mass is 240 g/mol. The maximum absolute atomic E-state index is 9.25. The van der Waals surface area contributed by atoms with Gasteiger partial charge in [0.15, 0.2) is 5.65 Å². The normalized spacial score (nSPS) is 10.9. The van der Waals surface area contributed by atoms with Gasteiger partial charge in [-0.15, -0.1) is 10.2 Å². The number of pyridine rings is 1. The molecular weight excluding hydrogens is 228 g/mol. The number of nitrogens with two attached hydrogens (primary N) is 1. The van der Waals surface area contributed by atoms with Crippen molar-refractivity contribution < 1.29 is 5.11 Å². The number of hydrogen-bond acceptors (Lipinski definition) is 4. The Morgan fingerprint density at radius 2 is 1.83 bits per heavy atom. The van der Waals surface area contributed by atoms with E-state index in [9.17, 15) is 5.11 Å². The number of fused-ring (bicyclic) bond motifs is 1. The lowest BCUT2D eigenvalue weighted by Crippen LogP contribution is -2.01. The topological polar surface area (TPSA) is 76.4 Å². The Kier molecular flexibility index (Phi) is 2.37. The van der Waals surface area contributed by atoms with Crippen molar-refractivity contribution in [2.45, 2.75) is 6.42 Å². The smallest absolute Gasteiger partial charge is 0.162 e. The summed E-state index contributed by atoms with van der Waals surface area (Å²) in [4.78, 5) is 0. The van der Waals surface area contributed by atoms with Crippen molar-refractivity contribution in [3.05, 3.63) is 53.9 Å². The maximum Gasteiger partial charge on any atom is 0.162 e. The van der Waals surface area contributed by atoms with Crippen molar-refractivity contribution in [2.24, 2.45) is 0 Å². The number of aromatic nitrogens is 3. The van der Waals surface area contributed by atoms with Gasteiger partial charge in [0, 0.05) is 6.42 Å². The van der Waals surface area contributed by atoms with Gasteiger partial charge in [0.1, 0.15) is 17.4 Å². The van der Waals surface area contributed by atoms with Crippen LogP contribution in [0.1, 0.15) is 11.4 Å². The molecule has 5 heteroatoms. The van der Waals surface area contributed by atoms with Crippen LogP contribution in [0.5, 0.6) is 5.75 Å². The molecule has 2 heterocycles. The second-order valence-corrected chi connectivity index (χ2v) is 4.10. The van der Waals surface area contributed by atoms with Gasteiger partial charge in [0.05, 0.1) is 0 Å². The van der Waals surface area contributed by atoms with Gasteiger partial charge in [-0.1, -0.05) is 18.2 Å². The van der Waals surface area contributed by atoms with Crippen molar-refractivity contribution in [1.82, 2.24) is 14.6 Å². The molecule has 3 rings (SSSR count). The zero-order chi connectivity index (χ0) is 12.5. The molecule has 0 aliphatic rings. The Bertz CT molecular complexity index is 688. The van der Waals surface area contributed by atoms with E-state index in [1.165, 1.54) is 0 Å². The van der Waals surface area contributed by atoms with E-state index < -0.39 is 0 Å². The highest BCUT2D eigenvalue weighted by molar-refractivity contribution is 5.48. The summed E-state index contributed by atoms with van der Waals surface area (Å²) in [7, 11) is 0. The Balaban J connectivity index is 2.02. The zero-order valence-corrected chi connectivity index (χ0v) is 9.61. The van der Waals surface area contributed by atoms with Crippen LogP contribution in [0.15, 0.2) is 42.5 Å². The first kappa shape index (κ1) is 10.6. The number of nitrogens with zero attached hydrogens (tertiary/aromatic N) is 3.